The average Bonchev–Trinajstić information content (AvgIpc) is 2.29. The summed E-state index contributed by atoms with van der Waals surface area (Å²) in [5.74, 6) is -0.857. The maximum Gasteiger partial charge on any atom is 0.321 e. The summed E-state index contributed by atoms with van der Waals surface area (Å²) in [5.41, 5.74) is 1.10. The number of carbonyl (C=O) groups is 3. The maximum absolute atomic E-state index is 11.3. The number of ketones is 1. The summed E-state index contributed by atoms with van der Waals surface area (Å²) in [6.07, 6.45) is 0.418. The summed E-state index contributed by atoms with van der Waals surface area (Å²) in [6.45, 7) is 1.73. The molecule has 3 amide bonds. The van der Waals surface area contributed by atoms with E-state index < -0.39 is 11.9 Å². The minimum Gasteiger partial charge on any atom is -0.337 e. The monoisotopic (exact) mass is 248 g/mol. The van der Waals surface area contributed by atoms with E-state index in [1.165, 1.54) is 6.92 Å². The smallest absolute Gasteiger partial charge is 0.321 e. The van der Waals surface area contributed by atoms with E-state index in [0.29, 0.717) is 13.0 Å². The Hall–Kier alpha value is -2.17. The summed E-state index contributed by atoms with van der Waals surface area (Å²) in [6, 6.07) is 9.11. The van der Waals surface area contributed by atoms with Gasteiger partial charge in [-0.2, -0.15) is 0 Å². The van der Waals surface area contributed by atoms with E-state index in [9.17, 15) is 14.4 Å². The molecule has 0 saturated heterocycles. The van der Waals surface area contributed by atoms with Crippen molar-refractivity contribution in [1.82, 2.24) is 10.6 Å². The van der Waals surface area contributed by atoms with Crippen molar-refractivity contribution < 1.29 is 14.4 Å². The molecule has 0 unspecified atom stereocenters. The van der Waals surface area contributed by atoms with Gasteiger partial charge in [0, 0.05) is 6.54 Å². The Labute approximate surface area is 106 Å². The Morgan fingerprint density at radius 3 is 2.39 bits per heavy atom. The van der Waals surface area contributed by atoms with Crippen molar-refractivity contribution in [2.45, 2.75) is 19.8 Å². The molecule has 0 radical (unpaired) electrons. The van der Waals surface area contributed by atoms with E-state index >= 15 is 0 Å². The number of hydrogen-bond acceptors (Lipinski definition) is 3. The molecule has 0 fully saturated rings. The van der Waals surface area contributed by atoms with Crippen LogP contribution in [0.1, 0.15) is 18.9 Å². The molecule has 96 valence electrons. The first kappa shape index (κ1) is 13.9. The van der Waals surface area contributed by atoms with Gasteiger partial charge in [-0.05, 0) is 18.9 Å². The van der Waals surface area contributed by atoms with Gasteiger partial charge in [-0.1, -0.05) is 30.3 Å². The van der Waals surface area contributed by atoms with Crippen molar-refractivity contribution in [1.29, 1.82) is 0 Å². The Morgan fingerprint density at radius 2 is 1.78 bits per heavy atom. The van der Waals surface area contributed by atoms with E-state index in [4.69, 9.17) is 0 Å². The molecule has 0 aliphatic heterocycles. The van der Waals surface area contributed by atoms with Crippen LogP contribution in [-0.4, -0.2) is 24.3 Å². The minimum atomic E-state index is -0.584. The largest absolute Gasteiger partial charge is 0.337 e. The third-order valence-corrected chi connectivity index (χ3v) is 2.20. The molecule has 2 N–H and O–H groups in total. The molecule has 0 spiro atoms. The second-order valence-corrected chi connectivity index (χ2v) is 3.92. The third kappa shape index (κ3) is 5.79. The predicted octanol–water partition coefficient (Wildman–Crippen LogP) is 1.03. The number of carbonyl (C=O) groups excluding carboxylic acids is 3. The van der Waals surface area contributed by atoms with Crippen molar-refractivity contribution in [3.63, 3.8) is 0 Å². The fourth-order valence-electron chi connectivity index (χ4n) is 1.41. The standard InChI is InChI=1S/C13H16N2O3/c1-10(16)9-12(17)15-13(18)14-8-7-11-5-3-2-4-6-11/h2-6H,7-9H2,1H3,(H2,14,15,17,18). The average molecular weight is 248 g/mol. The predicted molar refractivity (Wildman–Crippen MR) is 67.0 cm³/mol. The lowest BCUT2D eigenvalue weighted by atomic mass is 10.1. The summed E-state index contributed by atoms with van der Waals surface area (Å²) in [7, 11) is 0. The first-order chi connectivity index (χ1) is 8.58. The third-order valence-electron chi connectivity index (χ3n) is 2.20. The minimum absolute atomic E-state index is 0.272. The van der Waals surface area contributed by atoms with Crippen LogP contribution < -0.4 is 10.6 Å². The van der Waals surface area contributed by atoms with E-state index in [1.807, 2.05) is 30.3 Å². The Balaban J connectivity index is 2.21. The number of urea groups is 1. The van der Waals surface area contributed by atoms with Crippen LogP contribution in [0.4, 0.5) is 4.79 Å². The number of amides is 3. The van der Waals surface area contributed by atoms with Gasteiger partial charge in [0.1, 0.15) is 5.78 Å². The number of imide groups is 1. The van der Waals surface area contributed by atoms with Crippen LogP contribution in [-0.2, 0) is 16.0 Å². The lowest BCUT2D eigenvalue weighted by Gasteiger charge is -2.06. The normalized spacial score (nSPS) is 9.61. The molecule has 5 nitrogen and oxygen atoms in total. The molecule has 1 aromatic rings. The number of rotatable bonds is 5. The van der Waals surface area contributed by atoms with Gasteiger partial charge < -0.3 is 5.32 Å². The van der Waals surface area contributed by atoms with Crippen LogP contribution >= 0.6 is 0 Å². The van der Waals surface area contributed by atoms with Gasteiger partial charge in [-0.3, -0.25) is 14.9 Å². The SMILES string of the molecule is CC(=O)CC(=O)NC(=O)NCCc1ccccc1. The van der Waals surface area contributed by atoms with Crippen molar-refractivity contribution in [2.24, 2.45) is 0 Å². The van der Waals surface area contributed by atoms with Crippen molar-refractivity contribution in [2.75, 3.05) is 6.54 Å². The molecule has 0 saturated carbocycles. The van der Waals surface area contributed by atoms with Crippen LogP contribution in [0.25, 0.3) is 0 Å². The Bertz CT molecular complexity index is 429. The van der Waals surface area contributed by atoms with Crippen LogP contribution in [0, 0.1) is 0 Å². The van der Waals surface area contributed by atoms with Gasteiger partial charge >= 0.3 is 6.03 Å². The Morgan fingerprint density at radius 1 is 1.11 bits per heavy atom. The Kier molecular flexibility index (Phi) is 5.57. The van der Waals surface area contributed by atoms with Gasteiger partial charge in [-0.25, -0.2) is 4.79 Å². The van der Waals surface area contributed by atoms with Crippen LogP contribution in [0.2, 0.25) is 0 Å². The highest BCUT2D eigenvalue weighted by Crippen LogP contribution is 1.97. The molecule has 0 heterocycles. The molecule has 0 bridgehead atoms. The number of nitrogens with one attached hydrogen (secondary N) is 2. The highest BCUT2D eigenvalue weighted by molar-refractivity contribution is 6.03. The molecule has 1 aromatic carbocycles. The number of benzene rings is 1. The molecule has 0 aliphatic rings. The van der Waals surface area contributed by atoms with E-state index in [2.05, 4.69) is 10.6 Å². The van der Waals surface area contributed by atoms with Crippen LogP contribution in [0.15, 0.2) is 30.3 Å². The van der Waals surface area contributed by atoms with Gasteiger partial charge in [0.05, 0.1) is 6.42 Å². The molecule has 0 atom stereocenters. The van der Waals surface area contributed by atoms with E-state index in [1.54, 1.807) is 0 Å². The van der Waals surface area contributed by atoms with Gasteiger partial charge in [0.2, 0.25) is 5.91 Å². The van der Waals surface area contributed by atoms with Crippen molar-refractivity contribution in [3.8, 4) is 0 Å². The topological polar surface area (TPSA) is 75.3 Å². The summed E-state index contributed by atoms with van der Waals surface area (Å²) in [4.78, 5) is 33.0. The van der Waals surface area contributed by atoms with Crippen molar-refractivity contribution in [3.05, 3.63) is 35.9 Å². The van der Waals surface area contributed by atoms with Crippen LogP contribution in [0.5, 0.6) is 0 Å². The summed E-state index contributed by atoms with van der Waals surface area (Å²) >= 11 is 0. The maximum atomic E-state index is 11.3. The van der Waals surface area contributed by atoms with Gasteiger partial charge in [0.15, 0.2) is 0 Å². The zero-order chi connectivity index (χ0) is 13.4. The zero-order valence-electron chi connectivity index (χ0n) is 10.2. The highest BCUT2D eigenvalue weighted by atomic mass is 16.2. The van der Waals surface area contributed by atoms with Crippen LogP contribution in [0.3, 0.4) is 0 Å². The first-order valence-corrected chi connectivity index (χ1v) is 5.69. The second kappa shape index (κ2) is 7.21. The quantitative estimate of drug-likeness (QED) is 0.764. The fraction of sp³-hybridized carbons (Fsp3) is 0.308. The number of hydrogen-bond donors (Lipinski definition) is 2. The second-order valence-electron chi connectivity index (χ2n) is 3.92. The number of Topliss-reactive ketones (excluding diaryl/α,β-unsaturated/α-hetero) is 1. The molecule has 18 heavy (non-hydrogen) atoms. The molecular formula is C13H16N2O3. The molecule has 0 aliphatic carbocycles. The first-order valence-electron chi connectivity index (χ1n) is 5.69. The van der Waals surface area contributed by atoms with E-state index in [-0.39, 0.29) is 12.2 Å². The summed E-state index contributed by atoms with van der Waals surface area (Å²) in [5, 5.41) is 4.64. The van der Waals surface area contributed by atoms with E-state index in [0.717, 1.165) is 5.56 Å². The molecular weight excluding hydrogens is 232 g/mol. The van der Waals surface area contributed by atoms with Gasteiger partial charge in [-0.15, -0.1) is 0 Å². The van der Waals surface area contributed by atoms with Crippen molar-refractivity contribution >= 4 is 17.7 Å². The van der Waals surface area contributed by atoms with Gasteiger partial charge in [0.25, 0.3) is 0 Å². The molecule has 5 heteroatoms. The molecule has 1 rings (SSSR count). The lowest BCUT2D eigenvalue weighted by Crippen LogP contribution is -2.40. The molecule has 0 aromatic heterocycles. The lowest BCUT2D eigenvalue weighted by molar-refractivity contribution is -0.126. The fourth-order valence-corrected chi connectivity index (χ4v) is 1.41. The summed E-state index contributed by atoms with van der Waals surface area (Å²) < 4.78 is 0. The highest BCUT2D eigenvalue weighted by Gasteiger charge is 2.08. The zero-order valence-corrected chi connectivity index (χ0v) is 10.2.